The molecule has 1 rings (SSSR count). The van der Waals surface area contributed by atoms with E-state index in [1.54, 1.807) is 7.11 Å². The first-order chi connectivity index (χ1) is 7.53. The minimum atomic E-state index is -2.55. The summed E-state index contributed by atoms with van der Waals surface area (Å²) in [5, 5.41) is 5.27. The van der Waals surface area contributed by atoms with Crippen LogP contribution in [-0.4, -0.2) is 38.3 Å². The zero-order valence-electron chi connectivity index (χ0n) is 9.39. The number of carbonyl (C=O) groups excluding carboxylic acids is 1. The van der Waals surface area contributed by atoms with Crippen molar-refractivity contribution in [3.05, 3.63) is 0 Å². The van der Waals surface area contributed by atoms with Gasteiger partial charge in [0.15, 0.2) is 0 Å². The molecule has 0 radical (unpaired) electrons. The fourth-order valence-electron chi connectivity index (χ4n) is 1.69. The Morgan fingerprint density at radius 3 is 2.62 bits per heavy atom. The van der Waals surface area contributed by atoms with E-state index in [1.165, 1.54) is 0 Å². The second kappa shape index (κ2) is 5.98. The Morgan fingerprint density at radius 1 is 1.44 bits per heavy atom. The van der Waals surface area contributed by atoms with Crippen LogP contribution in [0.5, 0.6) is 0 Å². The Morgan fingerprint density at radius 2 is 2.06 bits per heavy atom. The summed E-state index contributed by atoms with van der Waals surface area (Å²) in [5.74, 6) is -2.55. The van der Waals surface area contributed by atoms with E-state index in [0.717, 1.165) is 0 Å². The molecule has 0 aromatic carbocycles. The van der Waals surface area contributed by atoms with Crippen molar-refractivity contribution in [3.63, 3.8) is 0 Å². The van der Waals surface area contributed by atoms with Crippen molar-refractivity contribution in [1.82, 2.24) is 10.6 Å². The maximum Gasteiger partial charge on any atom is 0.315 e. The normalized spacial score (nSPS) is 20.4. The minimum absolute atomic E-state index is 0.137. The molecule has 0 aromatic rings. The lowest BCUT2D eigenvalue weighted by Gasteiger charge is -2.28. The lowest BCUT2D eigenvalue weighted by Crippen LogP contribution is -2.45. The first kappa shape index (κ1) is 13.2. The molecular weight excluding hydrogens is 218 g/mol. The van der Waals surface area contributed by atoms with Crippen LogP contribution in [0.2, 0.25) is 0 Å². The summed E-state index contributed by atoms with van der Waals surface area (Å²) in [7, 11) is 1.54. The van der Waals surface area contributed by atoms with Crippen LogP contribution in [0.3, 0.4) is 0 Å². The summed E-state index contributed by atoms with van der Waals surface area (Å²) in [5.41, 5.74) is 0. The number of rotatable bonds is 4. The largest absolute Gasteiger partial charge is 0.383 e. The molecule has 4 nitrogen and oxygen atoms in total. The average molecular weight is 236 g/mol. The number of ether oxygens (including phenoxy) is 1. The first-order valence-corrected chi connectivity index (χ1v) is 5.44. The molecular formula is C10H18F2N2O2. The number of hydrogen-bond acceptors (Lipinski definition) is 2. The predicted molar refractivity (Wildman–Crippen MR) is 55.6 cm³/mol. The van der Waals surface area contributed by atoms with Crippen molar-refractivity contribution < 1.29 is 18.3 Å². The van der Waals surface area contributed by atoms with E-state index in [4.69, 9.17) is 4.74 Å². The van der Waals surface area contributed by atoms with Crippen LogP contribution in [0.25, 0.3) is 0 Å². The molecule has 0 saturated heterocycles. The zero-order chi connectivity index (χ0) is 12.0. The van der Waals surface area contributed by atoms with Gasteiger partial charge in [0.2, 0.25) is 5.92 Å². The minimum Gasteiger partial charge on any atom is -0.383 e. The van der Waals surface area contributed by atoms with Crippen LogP contribution in [0, 0.1) is 0 Å². The number of amides is 2. The molecule has 6 heteroatoms. The van der Waals surface area contributed by atoms with E-state index in [9.17, 15) is 13.6 Å². The van der Waals surface area contributed by atoms with E-state index in [1.807, 2.05) is 0 Å². The Hall–Kier alpha value is -0.910. The Labute approximate surface area is 93.7 Å². The molecule has 2 amide bonds. The third kappa shape index (κ3) is 4.74. The summed E-state index contributed by atoms with van der Waals surface area (Å²) < 4.78 is 30.4. The number of alkyl halides is 2. The van der Waals surface area contributed by atoms with Crippen molar-refractivity contribution in [1.29, 1.82) is 0 Å². The highest BCUT2D eigenvalue weighted by atomic mass is 19.3. The van der Waals surface area contributed by atoms with Crippen molar-refractivity contribution in [2.75, 3.05) is 20.3 Å². The number of nitrogens with one attached hydrogen (secondary N) is 2. The highest BCUT2D eigenvalue weighted by Gasteiger charge is 2.35. The van der Waals surface area contributed by atoms with Gasteiger partial charge in [0.1, 0.15) is 0 Å². The third-order valence-electron chi connectivity index (χ3n) is 2.64. The smallest absolute Gasteiger partial charge is 0.315 e. The molecule has 0 heterocycles. The second-order valence-corrected chi connectivity index (χ2v) is 4.02. The average Bonchev–Trinajstić information content (AvgIpc) is 2.22. The Balaban J connectivity index is 2.16. The number of urea groups is 1. The van der Waals surface area contributed by atoms with Gasteiger partial charge < -0.3 is 15.4 Å². The SMILES string of the molecule is COCCNC(=O)NC1CCC(F)(F)CC1. The molecule has 1 aliphatic carbocycles. The lowest BCUT2D eigenvalue weighted by atomic mass is 9.92. The Bertz CT molecular complexity index is 227. The van der Waals surface area contributed by atoms with Crippen molar-refractivity contribution in [3.8, 4) is 0 Å². The highest BCUT2D eigenvalue weighted by Crippen LogP contribution is 2.32. The van der Waals surface area contributed by atoms with Crippen LogP contribution in [0.1, 0.15) is 25.7 Å². The van der Waals surface area contributed by atoms with Crippen molar-refractivity contribution in [2.24, 2.45) is 0 Å². The van der Waals surface area contributed by atoms with Gasteiger partial charge in [-0.3, -0.25) is 0 Å². The van der Waals surface area contributed by atoms with Crippen LogP contribution in [0.15, 0.2) is 0 Å². The van der Waals surface area contributed by atoms with Crippen LogP contribution in [-0.2, 0) is 4.74 Å². The number of methoxy groups -OCH3 is 1. The Kier molecular flexibility index (Phi) is 4.92. The number of hydrogen-bond donors (Lipinski definition) is 2. The fourth-order valence-corrected chi connectivity index (χ4v) is 1.69. The molecule has 94 valence electrons. The molecule has 0 spiro atoms. The molecule has 0 atom stereocenters. The van der Waals surface area contributed by atoms with Gasteiger partial charge in [-0.2, -0.15) is 0 Å². The van der Waals surface area contributed by atoms with Gasteiger partial charge in [-0.05, 0) is 12.8 Å². The summed E-state index contributed by atoms with van der Waals surface area (Å²) in [6, 6.07) is -0.450. The molecule has 1 saturated carbocycles. The van der Waals surface area contributed by atoms with Crippen molar-refractivity contribution in [2.45, 2.75) is 37.6 Å². The van der Waals surface area contributed by atoms with Crippen LogP contribution >= 0.6 is 0 Å². The van der Waals surface area contributed by atoms with Gasteiger partial charge in [-0.25, -0.2) is 13.6 Å². The van der Waals surface area contributed by atoms with Crippen LogP contribution < -0.4 is 10.6 Å². The third-order valence-corrected chi connectivity index (χ3v) is 2.64. The predicted octanol–water partition coefficient (Wildman–Crippen LogP) is 1.51. The summed E-state index contributed by atoms with van der Waals surface area (Å²) in [4.78, 5) is 11.3. The van der Waals surface area contributed by atoms with E-state index in [0.29, 0.717) is 26.0 Å². The summed E-state index contributed by atoms with van der Waals surface area (Å²) in [6.45, 7) is 0.862. The van der Waals surface area contributed by atoms with E-state index >= 15 is 0 Å². The van der Waals surface area contributed by atoms with E-state index in [2.05, 4.69) is 10.6 Å². The second-order valence-electron chi connectivity index (χ2n) is 4.02. The summed E-state index contributed by atoms with van der Waals surface area (Å²) in [6.07, 6.45) is 0.390. The number of halogens is 2. The molecule has 0 aromatic heterocycles. The standard InChI is InChI=1S/C10H18F2N2O2/c1-16-7-6-13-9(15)14-8-2-4-10(11,12)5-3-8/h8H,2-7H2,1H3,(H2,13,14,15). The molecule has 2 N–H and O–H groups in total. The zero-order valence-corrected chi connectivity index (χ0v) is 9.39. The van der Waals surface area contributed by atoms with Gasteiger partial charge in [-0.1, -0.05) is 0 Å². The molecule has 0 unspecified atom stereocenters. The van der Waals surface area contributed by atoms with Gasteiger partial charge in [0.05, 0.1) is 6.61 Å². The summed E-state index contributed by atoms with van der Waals surface area (Å²) >= 11 is 0. The van der Waals surface area contributed by atoms with Crippen molar-refractivity contribution >= 4 is 6.03 Å². The molecule has 1 fully saturated rings. The van der Waals surface area contributed by atoms with Crippen LogP contribution in [0.4, 0.5) is 13.6 Å². The van der Waals surface area contributed by atoms with Gasteiger partial charge >= 0.3 is 6.03 Å². The molecule has 0 bridgehead atoms. The maximum absolute atomic E-state index is 12.8. The van der Waals surface area contributed by atoms with E-state index < -0.39 is 5.92 Å². The highest BCUT2D eigenvalue weighted by molar-refractivity contribution is 5.74. The molecule has 16 heavy (non-hydrogen) atoms. The van der Waals surface area contributed by atoms with Gasteiger partial charge in [0, 0.05) is 32.5 Å². The quantitative estimate of drug-likeness (QED) is 0.727. The first-order valence-electron chi connectivity index (χ1n) is 5.44. The van der Waals surface area contributed by atoms with E-state index in [-0.39, 0.29) is 24.9 Å². The lowest BCUT2D eigenvalue weighted by molar-refractivity contribution is -0.0395. The number of carbonyl (C=O) groups is 1. The van der Waals surface area contributed by atoms with Gasteiger partial charge in [-0.15, -0.1) is 0 Å². The topological polar surface area (TPSA) is 50.4 Å². The maximum atomic E-state index is 12.8. The monoisotopic (exact) mass is 236 g/mol. The van der Waals surface area contributed by atoms with Gasteiger partial charge in [0.25, 0.3) is 0 Å². The molecule has 1 aliphatic rings. The molecule has 0 aliphatic heterocycles. The fraction of sp³-hybridized carbons (Fsp3) is 0.900.